The first-order valence-corrected chi connectivity index (χ1v) is 6.76. The zero-order chi connectivity index (χ0) is 13.9. The summed E-state index contributed by atoms with van der Waals surface area (Å²) in [5, 5.41) is 8.40. The average molecular weight is 308 g/mol. The third-order valence-corrected chi connectivity index (χ3v) is 3.44. The van der Waals surface area contributed by atoms with Crippen molar-refractivity contribution in [1.82, 2.24) is 19.9 Å². The summed E-state index contributed by atoms with van der Waals surface area (Å²) in [5.74, 6) is -0.0951. The molecule has 2 aromatic rings. The van der Waals surface area contributed by atoms with E-state index in [0.717, 1.165) is 25.1 Å². The molecule has 1 atom stereocenters. The number of nitrogens with two attached hydrogens (primary N) is 1. The molecule has 0 unspecified atom stereocenters. The number of likely N-dealkylation sites (tertiary alicyclic amines) is 1. The van der Waals surface area contributed by atoms with E-state index in [9.17, 15) is 4.79 Å². The lowest BCUT2D eigenvalue weighted by Crippen LogP contribution is -2.45. The molecule has 1 fully saturated rings. The van der Waals surface area contributed by atoms with Crippen molar-refractivity contribution in [2.75, 3.05) is 13.1 Å². The molecule has 0 bridgehead atoms. The Labute approximate surface area is 129 Å². The first kappa shape index (κ1) is 15.5. The van der Waals surface area contributed by atoms with Crippen LogP contribution in [0.2, 0.25) is 0 Å². The fraction of sp³-hybridized carbons (Fsp3) is 0.357. The normalized spacial score (nSPS) is 18.1. The van der Waals surface area contributed by atoms with Crippen LogP contribution in [0.25, 0.3) is 5.69 Å². The lowest BCUT2D eigenvalue weighted by molar-refractivity contribution is 0.0702. The number of hydrogen-bond acceptors (Lipinski definition) is 4. The molecule has 1 aliphatic heterocycles. The van der Waals surface area contributed by atoms with Gasteiger partial charge in [-0.3, -0.25) is 4.79 Å². The van der Waals surface area contributed by atoms with Crippen LogP contribution >= 0.6 is 12.4 Å². The van der Waals surface area contributed by atoms with E-state index in [0.29, 0.717) is 12.2 Å². The summed E-state index contributed by atoms with van der Waals surface area (Å²) in [6, 6.07) is 9.59. The Bertz CT molecular complexity index is 600. The molecular formula is C14H18ClN5O. The summed E-state index contributed by atoms with van der Waals surface area (Å²) in [6.07, 6.45) is 3.43. The highest BCUT2D eigenvalue weighted by atomic mass is 35.5. The molecule has 7 heteroatoms. The van der Waals surface area contributed by atoms with E-state index in [-0.39, 0.29) is 24.4 Å². The van der Waals surface area contributed by atoms with Gasteiger partial charge < -0.3 is 10.6 Å². The molecule has 1 amide bonds. The lowest BCUT2D eigenvalue weighted by atomic mass is 10.1. The summed E-state index contributed by atoms with van der Waals surface area (Å²) in [7, 11) is 0. The van der Waals surface area contributed by atoms with Crippen LogP contribution in [0.3, 0.4) is 0 Å². The van der Waals surface area contributed by atoms with Gasteiger partial charge in [-0.2, -0.15) is 9.90 Å². The van der Waals surface area contributed by atoms with Crippen LogP contribution in [-0.2, 0) is 0 Å². The number of aromatic nitrogens is 3. The minimum Gasteiger partial charge on any atom is -0.336 e. The number of amides is 1. The van der Waals surface area contributed by atoms with E-state index in [2.05, 4.69) is 10.2 Å². The van der Waals surface area contributed by atoms with Crippen molar-refractivity contribution in [3.05, 3.63) is 42.2 Å². The minimum absolute atomic E-state index is 0. The maximum absolute atomic E-state index is 12.3. The van der Waals surface area contributed by atoms with E-state index in [1.165, 1.54) is 11.0 Å². The standard InChI is InChI=1S/C14H17N5O.ClH/c15-11-5-4-8-18(10-11)14(20)13-9-16-19(17-13)12-6-2-1-3-7-12;/h1-3,6-7,9,11H,4-5,8,10,15H2;1H/t11-;/m1./s1. The number of benzene rings is 1. The van der Waals surface area contributed by atoms with E-state index < -0.39 is 0 Å². The van der Waals surface area contributed by atoms with Crippen LogP contribution in [0.4, 0.5) is 0 Å². The van der Waals surface area contributed by atoms with Crippen LogP contribution in [0, 0.1) is 0 Å². The summed E-state index contributed by atoms with van der Waals surface area (Å²) < 4.78 is 0. The van der Waals surface area contributed by atoms with Gasteiger partial charge >= 0.3 is 0 Å². The van der Waals surface area contributed by atoms with Gasteiger partial charge in [-0.25, -0.2) is 0 Å². The van der Waals surface area contributed by atoms with Gasteiger partial charge in [0, 0.05) is 19.1 Å². The maximum atomic E-state index is 12.3. The van der Waals surface area contributed by atoms with Crippen LogP contribution in [0.1, 0.15) is 23.3 Å². The Morgan fingerprint density at radius 2 is 2.05 bits per heavy atom. The van der Waals surface area contributed by atoms with E-state index >= 15 is 0 Å². The number of piperidine rings is 1. The first-order valence-electron chi connectivity index (χ1n) is 6.76. The summed E-state index contributed by atoms with van der Waals surface area (Å²) in [5.41, 5.74) is 7.10. The second-order valence-corrected chi connectivity index (χ2v) is 5.01. The number of carbonyl (C=O) groups excluding carboxylic acids is 1. The molecule has 6 nitrogen and oxygen atoms in total. The van der Waals surface area contributed by atoms with E-state index in [1.54, 1.807) is 4.90 Å². The largest absolute Gasteiger partial charge is 0.336 e. The van der Waals surface area contributed by atoms with Crippen molar-refractivity contribution in [3.63, 3.8) is 0 Å². The van der Waals surface area contributed by atoms with Gasteiger partial charge in [-0.1, -0.05) is 18.2 Å². The molecule has 0 aliphatic carbocycles. The number of carbonyl (C=O) groups is 1. The second kappa shape index (κ2) is 6.69. The molecular weight excluding hydrogens is 290 g/mol. The van der Waals surface area contributed by atoms with Crippen LogP contribution in [0.15, 0.2) is 36.5 Å². The maximum Gasteiger partial charge on any atom is 0.276 e. The zero-order valence-electron chi connectivity index (χ0n) is 11.6. The van der Waals surface area contributed by atoms with Crippen molar-refractivity contribution in [2.24, 2.45) is 5.73 Å². The number of nitrogens with zero attached hydrogens (tertiary/aromatic N) is 4. The number of para-hydroxylation sites is 1. The lowest BCUT2D eigenvalue weighted by Gasteiger charge is -2.30. The average Bonchev–Trinajstić information content (AvgIpc) is 2.97. The molecule has 1 aliphatic rings. The van der Waals surface area contributed by atoms with Gasteiger partial charge in [0.1, 0.15) is 0 Å². The molecule has 1 aromatic heterocycles. The third kappa shape index (κ3) is 3.40. The Morgan fingerprint density at radius 1 is 1.29 bits per heavy atom. The Balaban J connectivity index is 0.00000161. The molecule has 3 rings (SSSR count). The molecule has 0 spiro atoms. The molecule has 1 aromatic carbocycles. The van der Waals surface area contributed by atoms with Crippen molar-refractivity contribution in [2.45, 2.75) is 18.9 Å². The SMILES string of the molecule is Cl.N[C@@H]1CCCN(C(=O)c2cnn(-c3ccccc3)n2)C1. The fourth-order valence-electron chi connectivity index (χ4n) is 2.40. The van der Waals surface area contributed by atoms with Crippen molar-refractivity contribution in [1.29, 1.82) is 0 Å². The van der Waals surface area contributed by atoms with Crippen LogP contribution in [-0.4, -0.2) is 44.9 Å². The predicted octanol–water partition coefficient (Wildman–Crippen LogP) is 1.25. The third-order valence-electron chi connectivity index (χ3n) is 3.44. The second-order valence-electron chi connectivity index (χ2n) is 5.01. The molecule has 112 valence electrons. The topological polar surface area (TPSA) is 77.0 Å². The Morgan fingerprint density at radius 3 is 2.76 bits per heavy atom. The molecule has 0 saturated carbocycles. The number of halogens is 1. The quantitative estimate of drug-likeness (QED) is 0.906. The van der Waals surface area contributed by atoms with E-state index in [1.807, 2.05) is 30.3 Å². The van der Waals surface area contributed by atoms with Gasteiger partial charge in [0.25, 0.3) is 5.91 Å². The van der Waals surface area contributed by atoms with Crippen LogP contribution < -0.4 is 5.73 Å². The number of rotatable bonds is 2. The molecule has 1 saturated heterocycles. The van der Waals surface area contributed by atoms with Crippen molar-refractivity contribution < 1.29 is 4.79 Å². The predicted molar refractivity (Wildman–Crippen MR) is 81.7 cm³/mol. The molecule has 2 heterocycles. The molecule has 0 radical (unpaired) electrons. The highest BCUT2D eigenvalue weighted by Gasteiger charge is 2.24. The van der Waals surface area contributed by atoms with Gasteiger partial charge in [0.2, 0.25) is 0 Å². The highest BCUT2D eigenvalue weighted by Crippen LogP contribution is 2.12. The van der Waals surface area contributed by atoms with Crippen LogP contribution in [0.5, 0.6) is 0 Å². The summed E-state index contributed by atoms with van der Waals surface area (Å²) in [6.45, 7) is 1.34. The van der Waals surface area contributed by atoms with Crippen molar-refractivity contribution >= 4 is 18.3 Å². The summed E-state index contributed by atoms with van der Waals surface area (Å²) in [4.78, 5) is 15.6. The molecule has 21 heavy (non-hydrogen) atoms. The molecule has 2 N–H and O–H groups in total. The Kier molecular flexibility index (Phi) is 4.93. The van der Waals surface area contributed by atoms with Crippen molar-refractivity contribution in [3.8, 4) is 5.69 Å². The zero-order valence-corrected chi connectivity index (χ0v) is 12.4. The number of hydrogen-bond donors (Lipinski definition) is 1. The Hall–Kier alpha value is -1.92. The van der Waals surface area contributed by atoms with Gasteiger partial charge in [-0.15, -0.1) is 17.5 Å². The van der Waals surface area contributed by atoms with Gasteiger partial charge in [-0.05, 0) is 25.0 Å². The van der Waals surface area contributed by atoms with Gasteiger partial charge in [0.05, 0.1) is 11.9 Å². The summed E-state index contributed by atoms with van der Waals surface area (Å²) >= 11 is 0. The first-order chi connectivity index (χ1) is 9.74. The smallest absolute Gasteiger partial charge is 0.276 e. The monoisotopic (exact) mass is 307 g/mol. The minimum atomic E-state index is -0.0951. The highest BCUT2D eigenvalue weighted by molar-refractivity contribution is 5.92. The fourth-order valence-corrected chi connectivity index (χ4v) is 2.40. The van der Waals surface area contributed by atoms with E-state index in [4.69, 9.17) is 5.73 Å². The van der Waals surface area contributed by atoms with Gasteiger partial charge in [0.15, 0.2) is 5.69 Å².